The van der Waals surface area contributed by atoms with E-state index >= 15 is 0 Å². The number of para-hydroxylation sites is 1. The summed E-state index contributed by atoms with van der Waals surface area (Å²) >= 11 is 1.19. The van der Waals surface area contributed by atoms with Crippen molar-refractivity contribution in [3.8, 4) is 5.75 Å². The molecule has 0 fully saturated rings. The highest BCUT2D eigenvalue weighted by atomic mass is 32.1. The zero-order valence-electron chi connectivity index (χ0n) is 16.2. The molecular formula is C22H17FN2O4S. The summed E-state index contributed by atoms with van der Waals surface area (Å²) in [5.74, 6) is -1.13. The van der Waals surface area contributed by atoms with E-state index in [1.807, 2.05) is 18.2 Å². The van der Waals surface area contributed by atoms with Crippen molar-refractivity contribution in [2.75, 3.05) is 7.11 Å². The van der Waals surface area contributed by atoms with Gasteiger partial charge < -0.3 is 9.47 Å². The van der Waals surface area contributed by atoms with Crippen LogP contribution in [-0.4, -0.2) is 23.4 Å². The predicted octanol–water partition coefficient (Wildman–Crippen LogP) is 2.00. The van der Waals surface area contributed by atoms with E-state index < -0.39 is 23.7 Å². The number of carbonyl (C=O) groups is 1. The molecule has 0 saturated heterocycles. The van der Waals surface area contributed by atoms with Crippen molar-refractivity contribution in [2.24, 2.45) is 10.9 Å². The number of aromatic nitrogens is 1. The van der Waals surface area contributed by atoms with Crippen LogP contribution in [0.25, 0.3) is 6.08 Å². The van der Waals surface area contributed by atoms with Gasteiger partial charge in [-0.15, -0.1) is 0 Å². The van der Waals surface area contributed by atoms with Gasteiger partial charge in [0.1, 0.15) is 17.5 Å². The highest BCUT2D eigenvalue weighted by Gasteiger charge is 2.55. The number of hydrogen-bond donors (Lipinski definition) is 0. The molecule has 5 rings (SSSR count). The molecule has 2 unspecified atom stereocenters. The van der Waals surface area contributed by atoms with Crippen LogP contribution < -0.4 is 19.6 Å². The second-order valence-corrected chi connectivity index (χ2v) is 8.38. The zero-order valence-corrected chi connectivity index (χ0v) is 17.0. The summed E-state index contributed by atoms with van der Waals surface area (Å²) in [6.07, 6.45) is 1.63. The number of hydrogen-bond acceptors (Lipinski definition) is 6. The highest BCUT2D eigenvalue weighted by Crippen LogP contribution is 2.47. The standard InChI is InChI=1S/C22H17FN2O4S/c1-22-17(20(27)28-2)18(14-8-3-4-9-15(14)29-22)25-19(26)16(30-21(25)24-22)11-12-6-5-7-13(23)10-12/h3-11,17-18H,1-2H3/b16-11+/t17?,18?,22-/m0/s1. The lowest BCUT2D eigenvalue weighted by Crippen LogP contribution is -2.58. The van der Waals surface area contributed by atoms with Crippen LogP contribution in [0.3, 0.4) is 0 Å². The van der Waals surface area contributed by atoms with Gasteiger partial charge in [-0.25, -0.2) is 9.38 Å². The van der Waals surface area contributed by atoms with E-state index in [4.69, 9.17) is 9.47 Å². The molecule has 2 aliphatic heterocycles. The summed E-state index contributed by atoms with van der Waals surface area (Å²) in [5.41, 5.74) is -0.208. The van der Waals surface area contributed by atoms with Crippen molar-refractivity contribution >= 4 is 23.4 Å². The van der Waals surface area contributed by atoms with Crippen molar-refractivity contribution in [3.05, 3.63) is 85.2 Å². The number of nitrogens with zero attached hydrogens (tertiary/aromatic N) is 2. The molecule has 3 atom stereocenters. The molecule has 2 bridgehead atoms. The first-order valence-electron chi connectivity index (χ1n) is 9.35. The third-order valence-electron chi connectivity index (χ3n) is 5.48. The van der Waals surface area contributed by atoms with Crippen LogP contribution in [0.1, 0.15) is 24.1 Å². The van der Waals surface area contributed by atoms with E-state index in [1.54, 1.807) is 31.2 Å². The van der Waals surface area contributed by atoms with Crippen LogP contribution >= 0.6 is 11.3 Å². The van der Waals surface area contributed by atoms with Crippen LogP contribution in [0.15, 0.2) is 58.3 Å². The molecule has 0 amide bonds. The third kappa shape index (κ3) is 2.71. The molecule has 0 spiro atoms. The van der Waals surface area contributed by atoms with Crippen molar-refractivity contribution in [1.29, 1.82) is 0 Å². The van der Waals surface area contributed by atoms with Gasteiger partial charge in [0.25, 0.3) is 5.56 Å². The molecule has 6 nitrogen and oxygen atoms in total. The normalized spacial score (nSPS) is 24.3. The summed E-state index contributed by atoms with van der Waals surface area (Å²) in [6, 6.07) is 12.7. The van der Waals surface area contributed by atoms with Crippen LogP contribution in [-0.2, 0) is 9.53 Å². The Bertz CT molecular complexity index is 1360. The number of carbonyl (C=O) groups excluding carboxylic acids is 1. The van der Waals surface area contributed by atoms with E-state index in [9.17, 15) is 14.0 Å². The van der Waals surface area contributed by atoms with E-state index in [-0.39, 0.29) is 11.4 Å². The minimum atomic E-state index is -1.21. The Morgan fingerprint density at radius 3 is 2.87 bits per heavy atom. The van der Waals surface area contributed by atoms with Crippen LogP contribution in [0.4, 0.5) is 4.39 Å². The molecule has 152 valence electrons. The third-order valence-corrected chi connectivity index (χ3v) is 6.46. The molecule has 3 heterocycles. The second-order valence-electron chi connectivity index (χ2n) is 7.38. The first-order valence-corrected chi connectivity index (χ1v) is 10.2. The van der Waals surface area contributed by atoms with Gasteiger partial charge in [0, 0.05) is 5.56 Å². The molecule has 0 aliphatic carbocycles. The summed E-state index contributed by atoms with van der Waals surface area (Å²) in [6.45, 7) is 1.72. The lowest BCUT2D eigenvalue weighted by Gasteiger charge is -2.44. The maximum atomic E-state index is 13.6. The molecule has 8 heteroatoms. The van der Waals surface area contributed by atoms with Crippen LogP contribution in [0, 0.1) is 11.7 Å². The minimum absolute atomic E-state index is 0.291. The number of halogens is 1. The smallest absolute Gasteiger partial charge is 0.317 e. The molecular weight excluding hydrogens is 407 g/mol. The average molecular weight is 424 g/mol. The molecule has 0 saturated carbocycles. The lowest BCUT2D eigenvalue weighted by molar-refractivity contribution is -0.158. The maximum absolute atomic E-state index is 13.6. The van der Waals surface area contributed by atoms with Crippen molar-refractivity contribution in [3.63, 3.8) is 0 Å². The number of thiazole rings is 1. The number of benzene rings is 2. The Kier molecular flexibility index (Phi) is 4.14. The topological polar surface area (TPSA) is 69.9 Å². The van der Waals surface area contributed by atoms with Gasteiger partial charge in [-0.3, -0.25) is 14.2 Å². The van der Waals surface area contributed by atoms with Crippen molar-refractivity contribution < 1.29 is 18.7 Å². The lowest BCUT2D eigenvalue weighted by atomic mass is 9.81. The van der Waals surface area contributed by atoms with Crippen molar-refractivity contribution in [1.82, 2.24) is 4.57 Å². The minimum Gasteiger partial charge on any atom is -0.469 e. The molecule has 2 aliphatic rings. The fourth-order valence-corrected chi connectivity index (χ4v) is 5.28. The maximum Gasteiger partial charge on any atom is 0.317 e. The average Bonchev–Trinajstić information content (AvgIpc) is 3.00. The first kappa shape index (κ1) is 18.7. The van der Waals surface area contributed by atoms with Gasteiger partial charge in [-0.05, 0) is 36.8 Å². The van der Waals surface area contributed by atoms with Crippen LogP contribution in [0.2, 0.25) is 0 Å². The quantitative estimate of drug-likeness (QED) is 0.590. The fraction of sp³-hybridized carbons (Fsp3) is 0.227. The SMILES string of the molecule is COC(=O)C1C2c3ccccc3O[C@]1(C)N=c1s/c(=C/c3cccc(F)c3)c(=O)n12. The van der Waals surface area contributed by atoms with Gasteiger partial charge in [0.05, 0.1) is 17.7 Å². The Hall–Kier alpha value is -3.26. The Morgan fingerprint density at radius 1 is 1.30 bits per heavy atom. The van der Waals surface area contributed by atoms with Gasteiger partial charge >= 0.3 is 5.97 Å². The zero-order chi connectivity index (χ0) is 21.0. The molecule has 0 N–H and O–H groups in total. The number of rotatable bonds is 2. The summed E-state index contributed by atoms with van der Waals surface area (Å²) < 4.78 is 26.7. The van der Waals surface area contributed by atoms with E-state index in [0.29, 0.717) is 20.6 Å². The molecule has 1 aromatic heterocycles. The van der Waals surface area contributed by atoms with Gasteiger partial charge in [-0.2, -0.15) is 0 Å². The van der Waals surface area contributed by atoms with Gasteiger partial charge in [0.15, 0.2) is 4.80 Å². The fourth-order valence-electron chi connectivity index (χ4n) is 4.18. The van der Waals surface area contributed by atoms with E-state index in [1.165, 1.54) is 35.1 Å². The number of esters is 1. The van der Waals surface area contributed by atoms with Gasteiger partial charge in [0.2, 0.25) is 5.72 Å². The highest BCUT2D eigenvalue weighted by molar-refractivity contribution is 7.07. The summed E-state index contributed by atoms with van der Waals surface area (Å²) in [4.78, 5) is 31.2. The number of methoxy groups -OCH3 is 1. The largest absolute Gasteiger partial charge is 0.469 e. The number of fused-ring (bicyclic) bond motifs is 6. The summed E-state index contributed by atoms with van der Waals surface area (Å²) in [5, 5.41) is 0. The number of ether oxygens (including phenoxy) is 2. The Balaban J connectivity index is 1.80. The summed E-state index contributed by atoms with van der Waals surface area (Å²) in [7, 11) is 1.31. The Morgan fingerprint density at radius 2 is 2.10 bits per heavy atom. The predicted molar refractivity (Wildman–Crippen MR) is 108 cm³/mol. The van der Waals surface area contributed by atoms with E-state index in [0.717, 1.165) is 5.56 Å². The molecule has 2 aromatic carbocycles. The van der Waals surface area contributed by atoms with Gasteiger partial charge in [-0.1, -0.05) is 41.7 Å². The van der Waals surface area contributed by atoms with Crippen LogP contribution in [0.5, 0.6) is 5.75 Å². The molecule has 30 heavy (non-hydrogen) atoms. The first-order chi connectivity index (χ1) is 14.4. The van der Waals surface area contributed by atoms with Crippen molar-refractivity contribution in [2.45, 2.75) is 18.7 Å². The van der Waals surface area contributed by atoms with E-state index in [2.05, 4.69) is 4.99 Å². The second kappa shape index (κ2) is 6.63. The molecule has 0 radical (unpaired) electrons. The molecule has 3 aromatic rings. The monoisotopic (exact) mass is 424 g/mol. The Labute approximate surface area is 174 Å².